The Bertz CT molecular complexity index is 950. The highest BCUT2D eigenvalue weighted by molar-refractivity contribution is 7.15. The van der Waals surface area contributed by atoms with Gasteiger partial charge >= 0.3 is 0 Å². The fourth-order valence-corrected chi connectivity index (χ4v) is 5.13. The van der Waals surface area contributed by atoms with E-state index < -0.39 is 0 Å². The summed E-state index contributed by atoms with van der Waals surface area (Å²) in [7, 11) is 2.16. The number of benzene rings is 2. The first-order valence-electron chi connectivity index (χ1n) is 10.7. The van der Waals surface area contributed by atoms with Crippen molar-refractivity contribution in [2.75, 3.05) is 18.5 Å². The summed E-state index contributed by atoms with van der Waals surface area (Å²) in [6.45, 7) is 13.7. The van der Waals surface area contributed by atoms with Gasteiger partial charge in [0.25, 0.3) is 0 Å². The fourth-order valence-electron chi connectivity index (χ4n) is 3.98. The van der Waals surface area contributed by atoms with Crippen molar-refractivity contribution in [3.63, 3.8) is 0 Å². The van der Waals surface area contributed by atoms with Gasteiger partial charge in [0.2, 0.25) is 0 Å². The summed E-state index contributed by atoms with van der Waals surface area (Å²) in [6, 6.07) is 24.2. The van der Waals surface area contributed by atoms with Gasteiger partial charge in [0.1, 0.15) is 0 Å². The van der Waals surface area contributed by atoms with Crippen LogP contribution in [0.1, 0.15) is 43.0 Å². The van der Waals surface area contributed by atoms with Crippen LogP contribution in [-0.4, -0.2) is 13.6 Å². The minimum Gasteiger partial charge on any atom is -0.375 e. The van der Waals surface area contributed by atoms with E-state index in [1.165, 1.54) is 26.6 Å². The predicted octanol–water partition coefficient (Wildman–Crippen LogP) is 8.06. The Balaban J connectivity index is 1.80. The molecule has 1 atom stereocenters. The Kier molecular flexibility index (Phi) is 7.33. The second kappa shape index (κ2) is 9.95. The normalized spacial score (nSPS) is 12.4. The summed E-state index contributed by atoms with van der Waals surface area (Å²) in [4.78, 5) is 5.02. The summed E-state index contributed by atoms with van der Waals surface area (Å²) in [5.74, 6) is 0.250. The summed E-state index contributed by atoms with van der Waals surface area (Å²) in [5.41, 5.74) is 3.82. The van der Waals surface area contributed by atoms with Crippen LogP contribution in [0.4, 0.5) is 5.69 Å². The lowest BCUT2D eigenvalue weighted by Crippen LogP contribution is -2.24. The highest BCUT2D eigenvalue weighted by Crippen LogP contribution is 2.44. The first-order chi connectivity index (χ1) is 14.5. The SMILES string of the molecule is C=CCCCN(C)c1ccc(C(C=C)C(C)(C)c2ccc(-c3ccccc3)s2)cc1. The summed E-state index contributed by atoms with van der Waals surface area (Å²) in [5, 5.41) is 0. The van der Waals surface area contributed by atoms with Crippen molar-refractivity contribution in [2.24, 2.45) is 0 Å². The largest absolute Gasteiger partial charge is 0.375 e. The van der Waals surface area contributed by atoms with Crippen LogP contribution in [0.25, 0.3) is 10.4 Å². The van der Waals surface area contributed by atoms with Crippen molar-refractivity contribution in [3.8, 4) is 10.4 Å². The maximum atomic E-state index is 4.19. The number of allylic oxidation sites excluding steroid dienone is 2. The molecule has 0 fully saturated rings. The maximum absolute atomic E-state index is 4.19. The standard InChI is InChI=1S/C28H33NS/c1-6-8-12-21-29(5)24-17-15-22(16-18-24)25(7-2)28(3,4)27-20-19-26(30-27)23-13-10-9-11-14-23/h6-7,9-11,13-20,25H,1-2,8,12,21H2,3-5H3. The molecule has 156 valence electrons. The lowest BCUT2D eigenvalue weighted by atomic mass is 9.74. The quantitative estimate of drug-likeness (QED) is 0.239. The van der Waals surface area contributed by atoms with Gasteiger partial charge in [0, 0.05) is 40.4 Å². The molecule has 0 aliphatic rings. The molecule has 1 nitrogen and oxygen atoms in total. The number of unbranched alkanes of at least 4 members (excludes halogenated alkanes) is 1. The second-order valence-electron chi connectivity index (χ2n) is 8.41. The maximum Gasteiger partial charge on any atom is 0.0363 e. The minimum absolute atomic E-state index is 0.0309. The number of rotatable bonds is 10. The molecule has 2 heteroatoms. The van der Waals surface area contributed by atoms with Crippen LogP contribution in [0.2, 0.25) is 0 Å². The van der Waals surface area contributed by atoms with Gasteiger partial charge in [-0.2, -0.15) is 0 Å². The van der Waals surface area contributed by atoms with Crippen molar-refractivity contribution >= 4 is 17.0 Å². The lowest BCUT2D eigenvalue weighted by molar-refractivity contribution is 0.479. The zero-order valence-electron chi connectivity index (χ0n) is 18.5. The third kappa shape index (κ3) is 4.94. The van der Waals surface area contributed by atoms with Gasteiger partial charge in [0.05, 0.1) is 0 Å². The van der Waals surface area contributed by atoms with Gasteiger partial charge in [0.15, 0.2) is 0 Å². The zero-order chi connectivity index (χ0) is 21.6. The Morgan fingerprint density at radius 1 is 0.967 bits per heavy atom. The molecule has 1 aromatic heterocycles. The molecule has 0 aliphatic carbocycles. The predicted molar refractivity (Wildman–Crippen MR) is 135 cm³/mol. The number of hydrogen-bond donors (Lipinski definition) is 0. The molecule has 3 rings (SSSR count). The van der Waals surface area contributed by atoms with Crippen molar-refractivity contribution < 1.29 is 0 Å². The van der Waals surface area contributed by atoms with E-state index in [0.717, 1.165) is 19.4 Å². The van der Waals surface area contributed by atoms with Crippen LogP contribution < -0.4 is 4.90 Å². The van der Waals surface area contributed by atoms with Gasteiger partial charge in [-0.3, -0.25) is 0 Å². The third-order valence-electron chi connectivity index (χ3n) is 5.91. The topological polar surface area (TPSA) is 3.24 Å². The van der Waals surface area contributed by atoms with Crippen molar-refractivity contribution in [2.45, 2.75) is 38.0 Å². The third-order valence-corrected chi connectivity index (χ3v) is 7.38. The van der Waals surface area contributed by atoms with Crippen molar-refractivity contribution in [3.05, 3.63) is 102 Å². The molecule has 1 heterocycles. The first kappa shape index (κ1) is 22.1. The van der Waals surface area contributed by atoms with Crippen LogP contribution in [0, 0.1) is 0 Å². The number of nitrogens with zero attached hydrogens (tertiary/aromatic N) is 1. The van der Waals surface area contributed by atoms with E-state index in [1.54, 1.807) is 0 Å². The van der Waals surface area contributed by atoms with Crippen molar-refractivity contribution in [1.29, 1.82) is 0 Å². The Morgan fingerprint density at radius 2 is 1.67 bits per heavy atom. The number of thiophene rings is 1. The average molecular weight is 416 g/mol. The van der Waals surface area contributed by atoms with E-state index in [4.69, 9.17) is 0 Å². The Labute approximate surface area is 186 Å². The second-order valence-corrected chi connectivity index (χ2v) is 9.49. The highest BCUT2D eigenvalue weighted by atomic mass is 32.1. The fraction of sp³-hybridized carbons (Fsp3) is 0.286. The Morgan fingerprint density at radius 3 is 2.30 bits per heavy atom. The lowest BCUT2D eigenvalue weighted by Gasteiger charge is -2.32. The molecule has 2 aromatic carbocycles. The van der Waals surface area contributed by atoms with Crippen LogP contribution in [0.15, 0.2) is 92.0 Å². The summed E-state index contributed by atoms with van der Waals surface area (Å²) in [6.07, 6.45) is 6.28. The van der Waals surface area contributed by atoms with Gasteiger partial charge in [-0.25, -0.2) is 0 Å². The molecule has 0 radical (unpaired) electrons. The molecule has 3 aromatic rings. The molecule has 0 bridgehead atoms. The van der Waals surface area contributed by atoms with Crippen LogP contribution in [-0.2, 0) is 5.41 Å². The zero-order valence-corrected chi connectivity index (χ0v) is 19.3. The number of hydrogen-bond acceptors (Lipinski definition) is 2. The molecule has 0 aliphatic heterocycles. The molecule has 1 unspecified atom stereocenters. The molecule has 0 saturated heterocycles. The molecule has 0 spiro atoms. The Hall–Kier alpha value is -2.58. The van der Waals surface area contributed by atoms with Gasteiger partial charge in [-0.05, 0) is 48.2 Å². The molecule has 0 saturated carbocycles. The molecule has 0 amide bonds. The van der Waals surface area contributed by atoms with E-state index in [9.17, 15) is 0 Å². The smallest absolute Gasteiger partial charge is 0.0363 e. The van der Waals surface area contributed by atoms with E-state index in [1.807, 2.05) is 17.4 Å². The monoisotopic (exact) mass is 415 g/mol. The minimum atomic E-state index is -0.0309. The summed E-state index contributed by atoms with van der Waals surface area (Å²) >= 11 is 1.89. The van der Waals surface area contributed by atoms with E-state index in [0.29, 0.717) is 0 Å². The van der Waals surface area contributed by atoms with E-state index in [2.05, 4.69) is 112 Å². The number of anilines is 1. The van der Waals surface area contributed by atoms with Gasteiger partial charge in [-0.15, -0.1) is 24.5 Å². The average Bonchev–Trinajstić information content (AvgIpc) is 3.27. The van der Waals surface area contributed by atoms with Crippen LogP contribution >= 0.6 is 11.3 Å². The van der Waals surface area contributed by atoms with Crippen molar-refractivity contribution in [1.82, 2.24) is 0 Å². The molecule has 0 N–H and O–H groups in total. The van der Waals surface area contributed by atoms with Crippen LogP contribution in [0.3, 0.4) is 0 Å². The molecular weight excluding hydrogens is 382 g/mol. The molecule has 30 heavy (non-hydrogen) atoms. The van der Waals surface area contributed by atoms with Gasteiger partial charge < -0.3 is 4.90 Å². The van der Waals surface area contributed by atoms with E-state index in [-0.39, 0.29) is 11.3 Å². The highest BCUT2D eigenvalue weighted by Gasteiger charge is 2.32. The van der Waals surface area contributed by atoms with Crippen LogP contribution in [0.5, 0.6) is 0 Å². The molecular formula is C28H33NS. The first-order valence-corrected chi connectivity index (χ1v) is 11.5. The van der Waals surface area contributed by atoms with E-state index >= 15 is 0 Å². The van der Waals surface area contributed by atoms with Gasteiger partial charge in [-0.1, -0.05) is 68.5 Å². The summed E-state index contributed by atoms with van der Waals surface area (Å²) < 4.78 is 0.